The van der Waals surface area contributed by atoms with Crippen LogP contribution in [-0.4, -0.2) is 77.9 Å². The summed E-state index contributed by atoms with van der Waals surface area (Å²) < 4.78 is 118. The molecule has 0 radical (unpaired) electrons. The Kier molecular flexibility index (Phi) is 24.3. The fourth-order valence-electron chi connectivity index (χ4n) is 9.42. The number of hydrogen-bond acceptors (Lipinski definition) is 15. The van der Waals surface area contributed by atoms with Gasteiger partial charge in [-0.05, 0) is 166 Å². The number of phenolic OH excluding ortho intramolecular Hbond substituents is 1. The predicted octanol–water partition coefficient (Wildman–Crippen LogP) is 14.6. The van der Waals surface area contributed by atoms with Crippen LogP contribution in [0.5, 0.6) is 17.2 Å². The van der Waals surface area contributed by atoms with Crippen molar-refractivity contribution < 1.29 is 88.0 Å². The molecule has 10 rings (SSSR count). The van der Waals surface area contributed by atoms with Crippen molar-refractivity contribution in [3.8, 4) is 17.2 Å². The van der Waals surface area contributed by atoms with Gasteiger partial charge in [0.2, 0.25) is 17.4 Å². The molecule has 6 aromatic carbocycles. The van der Waals surface area contributed by atoms with Gasteiger partial charge in [0, 0.05) is 12.8 Å². The molecule has 3 saturated heterocycles. The van der Waals surface area contributed by atoms with Crippen molar-refractivity contribution >= 4 is 50.9 Å². The number of phenols is 1. The number of halogens is 4. The maximum Gasteiger partial charge on any atom is 0.317 e. The molecule has 496 valence electrons. The lowest BCUT2D eigenvalue weighted by atomic mass is 9.87. The normalized spacial score (nSPS) is 18.4. The second-order valence-corrected chi connectivity index (χ2v) is 28.9. The van der Waals surface area contributed by atoms with Gasteiger partial charge in [0.15, 0.2) is 38.5 Å². The molecular formula is C71H82F4O15S2. The SMILES string of the molecule is CCC(C)(C)C(=O)OC1(C)Cc2ccccc2C1.CCC(C)(C)C(=O)OC1C2CC3C(=O)OC1C3O2.CCC(C)(C)C(=O)Oc1c(F)c(F)c(S(=O)(=O)[O-])c(F)c1F.CCC(C)(C)C(=O)Oc1ccc(O)cc1.c1ccc([S+](c2ccccc2)c2ccccc2)cc1. The summed E-state index contributed by atoms with van der Waals surface area (Å²) in [4.78, 5) is 60.9. The average molecular weight is 1320 g/mol. The van der Waals surface area contributed by atoms with Gasteiger partial charge in [-0.3, -0.25) is 24.0 Å². The Bertz CT molecular complexity index is 3510. The quantitative estimate of drug-likeness (QED) is 0.0181. The third-order valence-electron chi connectivity index (χ3n) is 17.0. The maximum atomic E-state index is 13.6. The molecule has 5 atom stereocenters. The van der Waals surface area contributed by atoms with Gasteiger partial charge in [0.25, 0.3) is 0 Å². The van der Waals surface area contributed by atoms with Gasteiger partial charge in [-0.25, -0.2) is 17.2 Å². The molecular weight excluding hydrogens is 1230 g/mol. The molecule has 6 aromatic rings. The van der Waals surface area contributed by atoms with Crippen LogP contribution in [0.1, 0.15) is 133 Å². The van der Waals surface area contributed by atoms with Crippen LogP contribution in [0.2, 0.25) is 0 Å². The number of fused-ring (bicyclic) bond motifs is 2. The molecule has 5 unspecified atom stereocenters. The van der Waals surface area contributed by atoms with E-state index in [1.807, 2.05) is 81.4 Å². The summed E-state index contributed by atoms with van der Waals surface area (Å²) in [6, 6.07) is 46.6. The highest BCUT2D eigenvalue weighted by molar-refractivity contribution is 7.97. The molecule has 0 amide bonds. The number of hydrogen-bond donors (Lipinski definition) is 1. The zero-order chi connectivity index (χ0) is 68.3. The second-order valence-electron chi connectivity index (χ2n) is 25.6. The third-order valence-corrected chi connectivity index (χ3v) is 20.1. The summed E-state index contributed by atoms with van der Waals surface area (Å²) in [5.74, 6) is -12.7. The van der Waals surface area contributed by atoms with Gasteiger partial charge in [-0.2, -0.15) is 8.78 Å². The summed E-state index contributed by atoms with van der Waals surface area (Å²) in [5, 5.41) is 9.06. The zero-order valence-electron chi connectivity index (χ0n) is 54.1. The number of aromatic hydroxyl groups is 1. The summed E-state index contributed by atoms with van der Waals surface area (Å²) in [5.41, 5.74) is -0.341. The Morgan fingerprint density at radius 1 is 0.576 bits per heavy atom. The van der Waals surface area contributed by atoms with E-state index in [2.05, 4.69) is 108 Å². The molecule has 4 aliphatic rings. The van der Waals surface area contributed by atoms with E-state index in [-0.39, 0.29) is 70.7 Å². The lowest BCUT2D eigenvalue weighted by molar-refractivity contribution is -0.169. The van der Waals surface area contributed by atoms with Crippen molar-refractivity contribution in [3.63, 3.8) is 0 Å². The van der Waals surface area contributed by atoms with E-state index in [0.717, 1.165) is 25.7 Å². The van der Waals surface area contributed by atoms with Crippen LogP contribution in [0, 0.1) is 50.8 Å². The van der Waals surface area contributed by atoms with Gasteiger partial charge >= 0.3 is 29.8 Å². The minimum atomic E-state index is -5.81. The first-order valence-corrected chi connectivity index (χ1v) is 33.0. The summed E-state index contributed by atoms with van der Waals surface area (Å²) in [6.45, 7) is 23.5. The highest BCUT2D eigenvalue weighted by Gasteiger charge is 2.65. The van der Waals surface area contributed by atoms with Crippen LogP contribution in [0.15, 0.2) is 159 Å². The van der Waals surface area contributed by atoms with Gasteiger partial charge < -0.3 is 38.1 Å². The number of rotatable bonds is 16. The standard InChI is InChI=1S/C18H15S.C16H22O2.C13H18O5.C12H12F4O5S.C12H16O3/c1-4-10-16(11-5-1)19(17-12-6-2-7-13-17)18-14-8-3-9-15-18;1-5-15(2,3)14(17)18-16(4)10-12-8-6-7-9-13(12)11-16;1-4-13(2,3)12(15)18-9-7-5-6-8(16-7)10(9)17-11(6)14;1-4-12(2,3)11(17)21-9-5(13)7(15)10(22(18,19)20)8(16)6(9)14;1-4-12(2,3)11(14)15-10-7-5-9(13)6-8-10/h1-15H;6-9H,5,10-11H2,1-4H3;6-10H,4-5H2,1-3H3;4H2,1-3H3,(H,18,19,20);5-8,13H,4H2,1-3H3/q+1;;;;/p-1. The predicted molar refractivity (Wildman–Crippen MR) is 336 cm³/mol. The number of benzene rings is 6. The highest BCUT2D eigenvalue weighted by atomic mass is 32.2. The Balaban J connectivity index is 0.000000183. The molecule has 1 aliphatic carbocycles. The van der Waals surface area contributed by atoms with Crippen molar-refractivity contribution in [2.24, 2.45) is 27.6 Å². The van der Waals surface area contributed by atoms with E-state index >= 15 is 0 Å². The lowest BCUT2D eigenvalue weighted by Gasteiger charge is -2.30. The van der Waals surface area contributed by atoms with Crippen LogP contribution in [0.4, 0.5) is 17.6 Å². The molecule has 0 saturated carbocycles. The molecule has 21 heteroatoms. The molecule has 0 aromatic heterocycles. The monoisotopic (exact) mass is 1310 g/mol. The van der Waals surface area contributed by atoms with Crippen LogP contribution >= 0.6 is 0 Å². The number of ether oxygens (including phenoxy) is 6. The second kappa shape index (κ2) is 30.4. The van der Waals surface area contributed by atoms with E-state index < -0.39 is 83.9 Å². The Labute approximate surface area is 539 Å². The molecule has 1 N–H and O–H groups in total. The van der Waals surface area contributed by atoms with E-state index in [1.54, 1.807) is 19.1 Å². The fraction of sp³-hybridized carbons (Fsp3) is 0.423. The summed E-state index contributed by atoms with van der Waals surface area (Å²) in [6.07, 6.45) is 3.51. The Morgan fingerprint density at radius 2 is 0.967 bits per heavy atom. The van der Waals surface area contributed by atoms with Crippen molar-refractivity contribution in [1.29, 1.82) is 0 Å². The number of esters is 5. The minimum absolute atomic E-state index is 0.0146. The van der Waals surface area contributed by atoms with Crippen LogP contribution in [0.3, 0.4) is 0 Å². The molecule has 3 fully saturated rings. The van der Waals surface area contributed by atoms with Gasteiger partial charge in [0.05, 0.1) is 44.6 Å². The van der Waals surface area contributed by atoms with Gasteiger partial charge in [-0.15, -0.1) is 0 Å². The molecule has 15 nitrogen and oxygen atoms in total. The number of carbonyl (C=O) groups is 5. The number of carbonyl (C=O) groups excluding carboxylic acids is 5. The van der Waals surface area contributed by atoms with Crippen LogP contribution < -0.4 is 9.47 Å². The van der Waals surface area contributed by atoms with Crippen molar-refractivity contribution in [3.05, 3.63) is 174 Å². The largest absolute Gasteiger partial charge is 0.744 e. The van der Waals surface area contributed by atoms with Crippen LogP contribution in [0.25, 0.3) is 0 Å². The summed E-state index contributed by atoms with van der Waals surface area (Å²) in [7, 11) is -5.82. The van der Waals surface area contributed by atoms with Gasteiger partial charge in [0.1, 0.15) is 38.2 Å². The minimum Gasteiger partial charge on any atom is -0.744 e. The first-order valence-electron chi connectivity index (χ1n) is 30.4. The van der Waals surface area contributed by atoms with Crippen molar-refractivity contribution in [2.45, 2.75) is 185 Å². The Morgan fingerprint density at radius 3 is 1.38 bits per heavy atom. The molecule has 3 heterocycles. The van der Waals surface area contributed by atoms with Crippen LogP contribution in [-0.2, 0) is 76.8 Å². The topological polar surface area (TPSA) is 218 Å². The fourth-order valence-corrected chi connectivity index (χ4v) is 12.1. The first-order chi connectivity index (χ1) is 43.0. The van der Waals surface area contributed by atoms with E-state index in [0.29, 0.717) is 18.6 Å². The van der Waals surface area contributed by atoms with E-state index in [1.165, 1.54) is 51.8 Å². The Hall–Kier alpha value is -7.59. The lowest BCUT2D eigenvalue weighted by Crippen LogP contribution is -2.42. The maximum absolute atomic E-state index is 13.6. The van der Waals surface area contributed by atoms with E-state index in [9.17, 15) is 54.5 Å². The summed E-state index contributed by atoms with van der Waals surface area (Å²) >= 11 is 0. The molecule has 0 spiro atoms. The smallest absolute Gasteiger partial charge is 0.317 e. The molecule has 2 bridgehead atoms. The highest BCUT2D eigenvalue weighted by Crippen LogP contribution is 2.48. The molecule has 92 heavy (non-hydrogen) atoms. The van der Waals surface area contributed by atoms with Gasteiger partial charge in [-0.1, -0.05) is 107 Å². The van der Waals surface area contributed by atoms with Crippen molar-refractivity contribution in [1.82, 2.24) is 0 Å². The van der Waals surface area contributed by atoms with Crippen molar-refractivity contribution in [2.75, 3.05) is 0 Å². The third kappa shape index (κ3) is 18.0. The van der Waals surface area contributed by atoms with E-state index in [4.69, 9.17) is 28.8 Å². The zero-order valence-corrected chi connectivity index (χ0v) is 55.7. The first kappa shape index (κ1) is 73.5. The average Bonchev–Trinajstić information content (AvgIpc) is 1.56. The molecule has 3 aliphatic heterocycles.